The molecular formula is C20H20N2O9S. The first kappa shape index (κ1) is 23.2. The third-order valence-corrected chi connectivity index (χ3v) is 6.54. The Labute approximate surface area is 183 Å². The fourth-order valence-corrected chi connectivity index (χ4v) is 4.58. The van der Waals surface area contributed by atoms with Crippen LogP contribution < -0.4 is 0 Å². The highest BCUT2D eigenvalue weighted by molar-refractivity contribution is 7.86. The van der Waals surface area contributed by atoms with Crippen molar-refractivity contribution in [2.75, 3.05) is 6.54 Å². The number of carboxylic acids is 1. The van der Waals surface area contributed by atoms with Gasteiger partial charge in [0.15, 0.2) is 5.54 Å². The summed E-state index contributed by atoms with van der Waals surface area (Å²) < 4.78 is 35.7. The molecule has 0 radical (unpaired) electrons. The second kappa shape index (κ2) is 8.93. The third kappa shape index (κ3) is 4.55. The van der Waals surface area contributed by atoms with Gasteiger partial charge in [-0.2, -0.15) is 8.42 Å². The lowest BCUT2D eigenvalue weighted by Crippen LogP contribution is -2.57. The molecule has 0 saturated carbocycles. The molecule has 170 valence electrons. The first-order valence-corrected chi connectivity index (χ1v) is 10.9. The summed E-state index contributed by atoms with van der Waals surface area (Å²) in [6.45, 7) is 0.953. The monoisotopic (exact) mass is 464 g/mol. The van der Waals surface area contributed by atoms with Gasteiger partial charge < -0.3 is 9.84 Å². The molecular weight excluding hydrogens is 444 g/mol. The minimum Gasteiger partial charge on any atom is -0.479 e. The van der Waals surface area contributed by atoms with Crippen LogP contribution in [0.3, 0.4) is 0 Å². The molecule has 2 aromatic carbocycles. The molecule has 0 aromatic heterocycles. The number of hydrogen-bond donors (Lipinski definition) is 1. The first-order valence-electron chi connectivity index (χ1n) is 9.45. The largest absolute Gasteiger partial charge is 0.479 e. The normalized spacial score (nSPS) is 20.7. The van der Waals surface area contributed by atoms with Crippen LogP contribution >= 0.6 is 0 Å². The van der Waals surface area contributed by atoms with Gasteiger partial charge in [0.05, 0.1) is 4.92 Å². The van der Waals surface area contributed by atoms with Crippen molar-refractivity contribution < 1.29 is 37.0 Å². The van der Waals surface area contributed by atoms with Crippen LogP contribution in [0.25, 0.3) is 0 Å². The lowest BCUT2D eigenvalue weighted by molar-refractivity contribution is -0.385. The number of benzene rings is 2. The van der Waals surface area contributed by atoms with Crippen molar-refractivity contribution in [2.45, 2.75) is 36.5 Å². The van der Waals surface area contributed by atoms with E-state index in [4.69, 9.17) is 8.92 Å². The third-order valence-electron chi connectivity index (χ3n) is 5.22. The second-order valence-electron chi connectivity index (χ2n) is 7.23. The summed E-state index contributed by atoms with van der Waals surface area (Å²) in [6, 6.07) is 12.9. The Hall–Kier alpha value is -3.51. The zero-order chi connectivity index (χ0) is 23.5. The van der Waals surface area contributed by atoms with E-state index < -0.39 is 49.3 Å². The number of carbonyl (C=O) groups excluding carboxylic acids is 1. The highest BCUT2D eigenvalue weighted by Gasteiger charge is 2.56. The van der Waals surface area contributed by atoms with Gasteiger partial charge in [-0.05, 0) is 25.0 Å². The molecule has 0 unspecified atom stereocenters. The molecule has 1 aliphatic rings. The molecule has 0 bridgehead atoms. The number of nitro groups is 1. The molecule has 0 spiro atoms. The zero-order valence-electron chi connectivity index (χ0n) is 16.9. The summed E-state index contributed by atoms with van der Waals surface area (Å²) in [5.41, 5.74) is -1.81. The van der Waals surface area contributed by atoms with E-state index in [1.54, 1.807) is 30.3 Å². The van der Waals surface area contributed by atoms with E-state index in [0.717, 1.165) is 23.1 Å². The maximum Gasteiger partial charge on any atom is 0.411 e. The van der Waals surface area contributed by atoms with Gasteiger partial charge in [-0.15, -0.1) is 0 Å². The highest BCUT2D eigenvalue weighted by Crippen LogP contribution is 2.35. The number of non-ortho nitro benzene ring substituents is 1. The van der Waals surface area contributed by atoms with Crippen molar-refractivity contribution in [3.8, 4) is 0 Å². The zero-order valence-corrected chi connectivity index (χ0v) is 17.7. The van der Waals surface area contributed by atoms with E-state index in [9.17, 15) is 33.2 Å². The number of amides is 1. The molecule has 3 rings (SSSR count). The van der Waals surface area contributed by atoms with Gasteiger partial charge in [0.2, 0.25) is 0 Å². The van der Waals surface area contributed by atoms with Gasteiger partial charge in [-0.3, -0.25) is 19.2 Å². The van der Waals surface area contributed by atoms with Crippen LogP contribution in [0.5, 0.6) is 0 Å². The first-order chi connectivity index (χ1) is 15.1. The Bertz CT molecular complexity index is 1140. The number of carbonyl (C=O) groups is 2. The number of nitro benzene ring substituents is 1. The summed E-state index contributed by atoms with van der Waals surface area (Å²) >= 11 is 0. The van der Waals surface area contributed by atoms with Gasteiger partial charge in [0.25, 0.3) is 15.8 Å². The van der Waals surface area contributed by atoms with Crippen molar-refractivity contribution in [1.82, 2.24) is 4.90 Å². The number of likely N-dealkylation sites (tertiary alicyclic amines) is 1. The minimum atomic E-state index is -4.56. The molecule has 0 aliphatic carbocycles. The van der Waals surface area contributed by atoms with Gasteiger partial charge in [-0.25, -0.2) is 9.59 Å². The number of carboxylic acid groups (broad SMARTS) is 1. The molecule has 2 aromatic rings. The van der Waals surface area contributed by atoms with Crippen LogP contribution in [-0.2, 0) is 30.4 Å². The number of aliphatic carboxylic acids is 1. The number of rotatable bonds is 7. The maximum absolute atomic E-state index is 12.7. The fourth-order valence-electron chi connectivity index (χ4n) is 3.37. The average molecular weight is 464 g/mol. The maximum atomic E-state index is 12.7. The van der Waals surface area contributed by atoms with E-state index in [2.05, 4.69) is 0 Å². The average Bonchev–Trinajstić information content (AvgIpc) is 3.09. The Kier molecular flexibility index (Phi) is 6.46. The topological polar surface area (TPSA) is 153 Å². The lowest BCUT2D eigenvalue weighted by atomic mass is 9.96. The Morgan fingerprint density at radius 1 is 1.22 bits per heavy atom. The number of hydrogen-bond acceptors (Lipinski definition) is 8. The number of ether oxygens (including phenoxy) is 1. The summed E-state index contributed by atoms with van der Waals surface area (Å²) in [6.07, 6.45) is -2.47. The van der Waals surface area contributed by atoms with Crippen molar-refractivity contribution in [2.24, 2.45) is 0 Å². The SMILES string of the molecule is C[C@@]1(C(=O)O)[C@@H](OS(=O)(=O)c2cccc([N+](=O)[O-])c2)CCN1C(=O)OCc1ccccc1. The smallest absolute Gasteiger partial charge is 0.411 e. The van der Waals surface area contributed by atoms with E-state index >= 15 is 0 Å². The van der Waals surface area contributed by atoms with Crippen LogP contribution in [0.4, 0.5) is 10.5 Å². The summed E-state index contributed by atoms with van der Waals surface area (Å²) in [5, 5.41) is 20.8. The molecule has 1 amide bonds. The molecule has 12 heteroatoms. The Morgan fingerprint density at radius 3 is 2.53 bits per heavy atom. The minimum absolute atomic E-state index is 0.0939. The van der Waals surface area contributed by atoms with E-state index in [-0.39, 0.29) is 19.6 Å². The molecule has 1 heterocycles. The molecule has 1 saturated heterocycles. The molecule has 1 fully saturated rings. The van der Waals surface area contributed by atoms with Crippen LogP contribution in [0.2, 0.25) is 0 Å². The van der Waals surface area contributed by atoms with Crippen LogP contribution in [0.1, 0.15) is 18.9 Å². The van der Waals surface area contributed by atoms with E-state index in [1.807, 2.05) is 0 Å². The second-order valence-corrected chi connectivity index (χ2v) is 8.80. The van der Waals surface area contributed by atoms with Crippen molar-refractivity contribution in [1.29, 1.82) is 0 Å². The molecule has 11 nitrogen and oxygen atoms in total. The molecule has 1 aliphatic heterocycles. The van der Waals surface area contributed by atoms with Gasteiger partial charge in [0, 0.05) is 18.7 Å². The molecule has 1 N–H and O–H groups in total. The van der Waals surface area contributed by atoms with Crippen LogP contribution in [0, 0.1) is 10.1 Å². The van der Waals surface area contributed by atoms with Gasteiger partial charge >= 0.3 is 12.1 Å². The molecule has 32 heavy (non-hydrogen) atoms. The van der Waals surface area contributed by atoms with Crippen LogP contribution in [0.15, 0.2) is 59.5 Å². The van der Waals surface area contributed by atoms with Crippen molar-refractivity contribution >= 4 is 27.9 Å². The number of nitrogens with zero attached hydrogens (tertiary/aromatic N) is 2. The van der Waals surface area contributed by atoms with E-state index in [1.165, 1.54) is 13.0 Å². The fraction of sp³-hybridized carbons (Fsp3) is 0.300. The predicted octanol–water partition coefficient (Wildman–Crippen LogP) is 2.55. The van der Waals surface area contributed by atoms with Gasteiger partial charge in [-0.1, -0.05) is 36.4 Å². The highest BCUT2D eigenvalue weighted by atomic mass is 32.2. The Morgan fingerprint density at radius 2 is 1.91 bits per heavy atom. The standard InChI is InChI=1S/C20H20N2O9S/c1-20(18(23)24)17(31-32(28,29)16-9-5-8-15(12-16)22(26)27)10-11-21(20)19(25)30-13-14-6-3-2-4-7-14/h2-9,12,17H,10-11,13H2,1H3,(H,23,24)/t17-,20-/m0/s1. The van der Waals surface area contributed by atoms with Crippen molar-refractivity contribution in [3.05, 3.63) is 70.3 Å². The summed E-state index contributed by atoms with van der Waals surface area (Å²) in [5.74, 6) is -1.48. The molecule has 2 atom stereocenters. The summed E-state index contributed by atoms with van der Waals surface area (Å²) in [7, 11) is -4.56. The van der Waals surface area contributed by atoms with E-state index in [0.29, 0.717) is 5.56 Å². The lowest BCUT2D eigenvalue weighted by Gasteiger charge is -2.33. The van der Waals surface area contributed by atoms with Gasteiger partial charge in [0.1, 0.15) is 17.6 Å². The predicted molar refractivity (Wildman–Crippen MR) is 109 cm³/mol. The quantitative estimate of drug-likeness (QED) is 0.370. The Balaban J connectivity index is 1.80. The van der Waals surface area contributed by atoms with Crippen LogP contribution in [-0.4, -0.2) is 53.6 Å². The van der Waals surface area contributed by atoms with Crippen molar-refractivity contribution in [3.63, 3.8) is 0 Å². The summed E-state index contributed by atoms with van der Waals surface area (Å²) in [4.78, 5) is 35.3.